The second-order valence-electron chi connectivity index (χ2n) is 5.86. The number of halogens is 3. The van der Waals surface area contributed by atoms with E-state index < -0.39 is 11.7 Å². The van der Waals surface area contributed by atoms with Crippen molar-refractivity contribution >= 4 is 5.69 Å². The second kappa shape index (κ2) is 5.28. The molecule has 0 radical (unpaired) electrons. The molecule has 20 heavy (non-hydrogen) atoms. The van der Waals surface area contributed by atoms with E-state index in [2.05, 4.69) is 10.6 Å². The first-order valence-electron chi connectivity index (χ1n) is 7.20. The van der Waals surface area contributed by atoms with Crippen molar-refractivity contribution < 1.29 is 13.2 Å². The summed E-state index contributed by atoms with van der Waals surface area (Å²) in [6.07, 6.45) is 0.706. The summed E-state index contributed by atoms with van der Waals surface area (Å²) in [5.74, 6) is 0.882. The number of fused-ring (bicyclic) bond motifs is 1. The van der Waals surface area contributed by atoms with Gasteiger partial charge in [0.05, 0.1) is 5.56 Å². The molecule has 1 heterocycles. The summed E-state index contributed by atoms with van der Waals surface area (Å²) in [5.41, 5.74) is 0.967. The highest BCUT2D eigenvalue weighted by molar-refractivity contribution is 5.54. The summed E-state index contributed by atoms with van der Waals surface area (Å²) in [6.45, 7) is 1.30. The first-order chi connectivity index (χ1) is 9.52. The highest BCUT2D eigenvalue weighted by Gasteiger charge is 2.31. The molecule has 0 bridgehead atoms. The number of rotatable bonds is 3. The Balaban J connectivity index is 1.71. The van der Waals surface area contributed by atoms with Gasteiger partial charge in [0.1, 0.15) is 0 Å². The van der Waals surface area contributed by atoms with Gasteiger partial charge >= 0.3 is 6.18 Å². The first kappa shape index (κ1) is 13.7. The van der Waals surface area contributed by atoms with Crippen LogP contribution < -0.4 is 10.6 Å². The zero-order valence-electron chi connectivity index (χ0n) is 11.3. The van der Waals surface area contributed by atoms with Crippen LogP contribution in [0.5, 0.6) is 0 Å². The van der Waals surface area contributed by atoms with Crippen molar-refractivity contribution in [3.05, 3.63) is 29.3 Å². The van der Waals surface area contributed by atoms with Crippen molar-refractivity contribution in [1.82, 2.24) is 5.32 Å². The third kappa shape index (κ3) is 3.26. The normalized spacial score (nSPS) is 22.9. The average Bonchev–Trinajstić information content (AvgIpc) is 3.21. The van der Waals surface area contributed by atoms with Gasteiger partial charge < -0.3 is 10.6 Å². The highest BCUT2D eigenvalue weighted by atomic mass is 19.4. The van der Waals surface area contributed by atoms with E-state index in [4.69, 9.17) is 0 Å². The SMILES string of the molecule is FC(F)(F)c1ccc2c(c1)CNCC(CCC1CC1)N2. The topological polar surface area (TPSA) is 24.1 Å². The molecule has 2 aliphatic rings. The van der Waals surface area contributed by atoms with Gasteiger partial charge in [-0.3, -0.25) is 0 Å². The van der Waals surface area contributed by atoms with Crippen molar-refractivity contribution in [2.24, 2.45) is 5.92 Å². The predicted octanol–water partition coefficient (Wildman–Crippen LogP) is 3.78. The molecular formula is C15H19F3N2. The molecule has 0 saturated heterocycles. The summed E-state index contributed by atoms with van der Waals surface area (Å²) < 4.78 is 38.1. The van der Waals surface area contributed by atoms with Crippen molar-refractivity contribution in [3.8, 4) is 0 Å². The first-order valence-corrected chi connectivity index (χ1v) is 7.20. The number of anilines is 1. The third-order valence-electron chi connectivity index (χ3n) is 4.12. The molecule has 1 unspecified atom stereocenters. The number of hydrogen-bond donors (Lipinski definition) is 2. The maximum absolute atomic E-state index is 12.7. The lowest BCUT2D eigenvalue weighted by atomic mass is 10.1. The summed E-state index contributed by atoms with van der Waals surface area (Å²) >= 11 is 0. The Morgan fingerprint density at radius 3 is 2.65 bits per heavy atom. The van der Waals surface area contributed by atoms with Crippen molar-refractivity contribution in [2.75, 3.05) is 11.9 Å². The maximum atomic E-state index is 12.7. The zero-order chi connectivity index (χ0) is 14.2. The number of benzene rings is 1. The molecule has 2 N–H and O–H groups in total. The fourth-order valence-electron chi connectivity index (χ4n) is 2.73. The average molecular weight is 284 g/mol. The Morgan fingerprint density at radius 1 is 1.15 bits per heavy atom. The van der Waals surface area contributed by atoms with Gasteiger partial charge in [0, 0.05) is 24.8 Å². The van der Waals surface area contributed by atoms with Crippen LogP contribution in [0.3, 0.4) is 0 Å². The lowest BCUT2D eigenvalue weighted by Gasteiger charge is -2.18. The lowest BCUT2D eigenvalue weighted by molar-refractivity contribution is -0.137. The quantitative estimate of drug-likeness (QED) is 0.882. The molecule has 5 heteroatoms. The van der Waals surface area contributed by atoms with Gasteiger partial charge in [-0.2, -0.15) is 13.2 Å². The summed E-state index contributed by atoms with van der Waals surface area (Å²) in [5, 5.41) is 6.64. The van der Waals surface area contributed by atoms with E-state index in [1.165, 1.54) is 25.3 Å². The van der Waals surface area contributed by atoms with Crippen LogP contribution in [-0.4, -0.2) is 12.6 Å². The molecule has 3 rings (SSSR count). The molecule has 1 aliphatic heterocycles. The van der Waals surface area contributed by atoms with E-state index in [1.807, 2.05) is 0 Å². The molecular weight excluding hydrogens is 265 g/mol. The van der Waals surface area contributed by atoms with E-state index >= 15 is 0 Å². The molecule has 0 aromatic heterocycles. The van der Waals surface area contributed by atoms with Crippen LogP contribution in [0.4, 0.5) is 18.9 Å². The molecule has 2 nitrogen and oxygen atoms in total. The van der Waals surface area contributed by atoms with Crippen molar-refractivity contribution in [1.29, 1.82) is 0 Å². The molecule has 1 atom stereocenters. The standard InChI is InChI=1S/C15H19F3N2/c16-15(17,18)12-4-6-14-11(7-12)8-19-9-13(20-14)5-3-10-1-2-10/h4,6-7,10,13,19-20H,1-3,5,8-9H2. The minimum Gasteiger partial charge on any atom is -0.381 e. The Hall–Kier alpha value is -1.23. The van der Waals surface area contributed by atoms with Gasteiger partial charge in [-0.1, -0.05) is 12.8 Å². The minimum absolute atomic E-state index is 0.314. The van der Waals surface area contributed by atoms with Crippen molar-refractivity contribution in [2.45, 2.75) is 44.4 Å². The fraction of sp³-hybridized carbons (Fsp3) is 0.600. The van der Waals surface area contributed by atoms with Crippen LogP contribution >= 0.6 is 0 Å². The molecule has 1 saturated carbocycles. The van der Waals surface area contributed by atoms with E-state index in [0.717, 1.165) is 30.6 Å². The molecule has 1 fully saturated rings. The van der Waals surface area contributed by atoms with Crippen LogP contribution in [0.15, 0.2) is 18.2 Å². The van der Waals surface area contributed by atoms with Crippen LogP contribution in [0.1, 0.15) is 36.8 Å². The molecule has 0 amide bonds. The van der Waals surface area contributed by atoms with Gasteiger partial charge in [0.15, 0.2) is 0 Å². The van der Waals surface area contributed by atoms with Gasteiger partial charge in [-0.05, 0) is 42.5 Å². The van der Waals surface area contributed by atoms with Crippen LogP contribution in [0.2, 0.25) is 0 Å². The van der Waals surface area contributed by atoms with Gasteiger partial charge in [0.2, 0.25) is 0 Å². The summed E-state index contributed by atoms with van der Waals surface area (Å²) in [6, 6.07) is 4.29. The lowest BCUT2D eigenvalue weighted by Crippen LogP contribution is -2.29. The second-order valence-corrected chi connectivity index (χ2v) is 5.86. The van der Waals surface area contributed by atoms with Gasteiger partial charge in [-0.15, -0.1) is 0 Å². The summed E-state index contributed by atoms with van der Waals surface area (Å²) in [7, 11) is 0. The number of alkyl halides is 3. The smallest absolute Gasteiger partial charge is 0.381 e. The van der Waals surface area contributed by atoms with E-state index in [9.17, 15) is 13.2 Å². The van der Waals surface area contributed by atoms with Crippen LogP contribution in [0.25, 0.3) is 0 Å². The predicted molar refractivity (Wildman–Crippen MR) is 72.5 cm³/mol. The van der Waals surface area contributed by atoms with Gasteiger partial charge in [0.25, 0.3) is 0 Å². The van der Waals surface area contributed by atoms with Gasteiger partial charge in [-0.25, -0.2) is 0 Å². The molecule has 0 spiro atoms. The number of hydrogen-bond acceptors (Lipinski definition) is 2. The van der Waals surface area contributed by atoms with E-state index in [1.54, 1.807) is 6.07 Å². The van der Waals surface area contributed by atoms with E-state index in [0.29, 0.717) is 18.2 Å². The largest absolute Gasteiger partial charge is 0.416 e. The summed E-state index contributed by atoms with van der Waals surface area (Å²) in [4.78, 5) is 0. The Morgan fingerprint density at radius 2 is 1.95 bits per heavy atom. The Bertz CT molecular complexity index is 480. The Labute approximate surface area is 116 Å². The number of nitrogens with one attached hydrogen (secondary N) is 2. The minimum atomic E-state index is -4.27. The van der Waals surface area contributed by atoms with Crippen molar-refractivity contribution in [3.63, 3.8) is 0 Å². The Kier molecular flexibility index (Phi) is 3.63. The molecule has 1 aliphatic carbocycles. The molecule has 110 valence electrons. The third-order valence-corrected chi connectivity index (χ3v) is 4.12. The highest BCUT2D eigenvalue weighted by Crippen LogP contribution is 2.35. The van der Waals surface area contributed by atoms with E-state index in [-0.39, 0.29) is 0 Å². The molecule has 1 aromatic rings. The monoisotopic (exact) mass is 284 g/mol. The zero-order valence-corrected chi connectivity index (χ0v) is 11.3. The molecule has 1 aromatic carbocycles. The maximum Gasteiger partial charge on any atom is 0.416 e. The van der Waals surface area contributed by atoms with Crippen LogP contribution in [0, 0.1) is 5.92 Å². The fourth-order valence-corrected chi connectivity index (χ4v) is 2.73. The van der Waals surface area contributed by atoms with Crippen LogP contribution in [-0.2, 0) is 12.7 Å².